The standard InChI is InChI=1S/C42H34N4Si/c1-28-25-36(45-44-28)29-13-12-14-30(26-29)46-37-18-7-6-17-34(37)42(2,3)35-23-22-31(27-38(35)46)47(41-21-10-11-24-43-41)39-19-8-4-15-32(39)33-16-5-9-20-40(33)47/h4-27H,1-3H3,(H,44,45). The lowest BCUT2D eigenvalue weighted by atomic mass is 9.73. The number of hydrogen-bond acceptors (Lipinski definition) is 3. The van der Waals surface area contributed by atoms with Gasteiger partial charge in [0.05, 0.1) is 17.1 Å². The Morgan fingerprint density at radius 2 is 1.34 bits per heavy atom. The Balaban J connectivity index is 1.35. The SMILES string of the molecule is Cc1cc(-c2cccc(N3c4ccccc4C(C)(C)c4ccc([Si]5(c6ccccn6)c6ccccc6-c6ccccc65)cc43)c2)n[nH]1. The first-order valence-electron chi connectivity index (χ1n) is 16.3. The van der Waals surface area contributed by atoms with Gasteiger partial charge in [0.2, 0.25) is 8.07 Å². The van der Waals surface area contributed by atoms with Crippen molar-refractivity contribution >= 4 is 46.0 Å². The van der Waals surface area contributed by atoms with Crippen LogP contribution in [0.5, 0.6) is 0 Å². The van der Waals surface area contributed by atoms with Crippen molar-refractivity contribution in [3.8, 4) is 22.4 Å². The van der Waals surface area contributed by atoms with E-state index < -0.39 is 8.07 Å². The van der Waals surface area contributed by atoms with Crippen molar-refractivity contribution in [2.75, 3.05) is 4.90 Å². The molecule has 5 heteroatoms. The zero-order valence-electron chi connectivity index (χ0n) is 26.7. The molecule has 0 spiro atoms. The van der Waals surface area contributed by atoms with Crippen molar-refractivity contribution in [1.29, 1.82) is 0 Å². The molecule has 0 radical (unpaired) electrons. The first-order valence-corrected chi connectivity index (χ1v) is 18.3. The highest BCUT2D eigenvalue weighted by molar-refractivity contribution is 7.21. The molecular formula is C42H34N4Si. The van der Waals surface area contributed by atoms with E-state index >= 15 is 0 Å². The fourth-order valence-electron chi connectivity index (χ4n) is 8.15. The normalized spacial score (nSPS) is 15.0. The van der Waals surface area contributed by atoms with Crippen LogP contribution in [0.2, 0.25) is 0 Å². The third-order valence-corrected chi connectivity index (χ3v) is 15.0. The third-order valence-electron chi connectivity index (χ3n) is 10.3. The van der Waals surface area contributed by atoms with Crippen molar-refractivity contribution in [3.63, 3.8) is 0 Å². The van der Waals surface area contributed by atoms with Crippen molar-refractivity contribution < 1.29 is 0 Å². The van der Waals surface area contributed by atoms with E-state index in [-0.39, 0.29) is 5.41 Å². The first kappa shape index (κ1) is 27.8. The number of aromatic nitrogens is 3. The summed E-state index contributed by atoms with van der Waals surface area (Å²) in [6.45, 7) is 6.76. The Bertz CT molecular complexity index is 2270. The predicted molar refractivity (Wildman–Crippen MR) is 196 cm³/mol. The highest BCUT2D eigenvalue weighted by Gasteiger charge is 2.50. The molecule has 4 nitrogen and oxygen atoms in total. The van der Waals surface area contributed by atoms with Crippen molar-refractivity contribution in [1.82, 2.24) is 15.2 Å². The van der Waals surface area contributed by atoms with Gasteiger partial charge in [-0.2, -0.15) is 5.10 Å². The number of aryl methyl sites for hydroxylation is 1. The Hall–Kier alpha value is -5.52. The van der Waals surface area contributed by atoms with Gasteiger partial charge in [0.1, 0.15) is 0 Å². The topological polar surface area (TPSA) is 44.8 Å². The summed E-state index contributed by atoms with van der Waals surface area (Å²) in [6, 6.07) is 51.5. The predicted octanol–water partition coefficient (Wildman–Crippen LogP) is 7.25. The van der Waals surface area contributed by atoms with Crippen molar-refractivity contribution in [2.45, 2.75) is 26.2 Å². The number of H-pyrrole nitrogens is 1. The third kappa shape index (κ3) is 3.93. The Morgan fingerprint density at radius 3 is 2.06 bits per heavy atom. The Morgan fingerprint density at radius 1 is 0.638 bits per heavy atom. The van der Waals surface area contributed by atoms with Gasteiger partial charge in [-0.05, 0) is 87.2 Å². The second-order valence-electron chi connectivity index (χ2n) is 13.3. The van der Waals surface area contributed by atoms with Crippen LogP contribution in [0.25, 0.3) is 22.4 Å². The van der Waals surface area contributed by atoms with E-state index in [0.29, 0.717) is 0 Å². The van der Waals surface area contributed by atoms with Crippen molar-refractivity contribution in [2.24, 2.45) is 0 Å². The van der Waals surface area contributed by atoms with Crippen LogP contribution in [-0.2, 0) is 5.41 Å². The second-order valence-corrected chi connectivity index (χ2v) is 16.9. The number of anilines is 3. The van der Waals surface area contributed by atoms with Gasteiger partial charge >= 0.3 is 0 Å². The maximum Gasteiger partial charge on any atom is 0.203 e. The fraction of sp³-hybridized carbons (Fsp3) is 0.0952. The van der Waals surface area contributed by atoms with E-state index in [9.17, 15) is 0 Å². The molecule has 0 fully saturated rings. The quantitative estimate of drug-likeness (QED) is 0.211. The van der Waals surface area contributed by atoms with Gasteiger partial charge in [-0.25, -0.2) is 0 Å². The van der Waals surface area contributed by atoms with Crippen LogP contribution in [0.4, 0.5) is 17.1 Å². The molecule has 0 saturated carbocycles. The molecule has 1 N–H and O–H groups in total. The largest absolute Gasteiger partial charge is 0.310 e. The van der Waals surface area contributed by atoms with Crippen LogP contribution in [0.3, 0.4) is 0 Å². The summed E-state index contributed by atoms with van der Waals surface area (Å²) in [5.74, 6) is 0. The van der Waals surface area contributed by atoms with Gasteiger partial charge in [-0.3, -0.25) is 10.1 Å². The number of nitrogens with one attached hydrogen (secondary N) is 1. The van der Waals surface area contributed by atoms with Crippen LogP contribution in [0.15, 0.2) is 146 Å². The van der Waals surface area contributed by atoms with Crippen LogP contribution in [0, 0.1) is 6.92 Å². The summed E-state index contributed by atoms with van der Waals surface area (Å²) >= 11 is 0. The lowest BCUT2D eigenvalue weighted by Crippen LogP contribution is -2.73. The van der Waals surface area contributed by atoms with Gasteiger partial charge in [0.25, 0.3) is 0 Å². The monoisotopic (exact) mass is 622 g/mol. The maximum absolute atomic E-state index is 5.15. The molecule has 0 aliphatic carbocycles. The first-order chi connectivity index (χ1) is 23.0. The number of aromatic amines is 1. The minimum absolute atomic E-state index is 0.191. The molecule has 0 amide bonds. The second kappa shape index (κ2) is 10.2. The Labute approximate surface area is 276 Å². The number of nitrogens with zero attached hydrogens (tertiary/aromatic N) is 3. The zero-order chi connectivity index (χ0) is 31.8. The molecule has 2 aliphatic rings. The lowest BCUT2D eigenvalue weighted by molar-refractivity contribution is 0.632. The number of benzene rings is 5. The van der Waals surface area contributed by atoms with Gasteiger partial charge in [-0.15, -0.1) is 0 Å². The molecule has 5 aromatic carbocycles. The minimum Gasteiger partial charge on any atom is -0.310 e. The molecule has 9 rings (SSSR count). The summed E-state index contributed by atoms with van der Waals surface area (Å²) in [4.78, 5) is 7.61. The average molecular weight is 623 g/mol. The molecule has 7 aromatic rings. The molecular weight excluding hydrogens is 589 g/mol. The van der Waals surface area contributed by atoms with Gasteiger partial charge < -0.3 is 4.90 Å². The van der Waals surface area contributed by atoms with Crippen LogP contribution in [0.1, 0.15) is 30.7 Å². The molecule has 4 heterocycles. The highest BCUT2D eigenvalue weighted by Crippen LogP contribution is 2.52. The zero-order valence-corrected chi connectivity index (χ0v) is 27.7. The van der Waals surface area contributed by atoms with Crippen LogP contribution < -0.4 is 25.8 Å². The van der Waals surface area contributed by atoms with Gasteiger partial charge in [-0.1, -0.05) is 111 Å². The molecule has 0 unspecified atom stereocenters. The van der Waals surface area contributed by atoms with E-state index in [1.54, 1.807) is 0 Å². The summed E-state index contributed by atoms with van der Waals surface area (Å²) in [5.41, 5.74) is 11.7. The lowest BCUT2D eigenvalue weighted by Gasteiger charge is -2.43. The molecule has 2 aliphatic heterocycles. The molecule has 0 saturated heterocycles. The van der Waals surface area contributed by atoms with E-state index in [2.05, 4.69) is 162 Å². The summed E-state index contributed by atoms with van der Waals surface area (Å²) in [7, 11) is -2.77. The summed E-state index contributed by atoms with van der Waals surface area (Å²) in [5, 5.41) is 13.0. The van der Waals surface area contributed by atoms with E-state index in [4.69, 9.17) is 4.98 Å². The molecule has 2 aromatic heterocycles. The average Bonchev–Trinajstić information content (AvgIpc) is 3.68. The summed E-state index contributed by atoms with van der Waals surface area (Å²) < 4.78 is 0. The number of pyridine rings is 1. The number of para-hydroxylation sites is 1. The molecule has 0 bridgehead atoms. The number of rotatable bonds is 4. The fourth-order valence-corrected chi connectivity index (χ4v) is 13.2. The number of fused-ring (bicyclic) bond motifs is 5. The van der Waals surface area contributed by atoms with E-state index in [0.717, 1.165) is 28.0 Å². The number of hydrogen-bond donors (Lipinski definition) is 1. The molecule has 47 heavy (non-hydrogen) atoms. The summed E-state index contributed by atoms with van der Waals surface area (Å²) in [6.07, 6.45) is 1.96. The van der Waals surface area contributed by atoms with E-state index in [1.807, 2.05) is 19.2 Å². The minimum atomic E-state index is -2.77. The molecule has 226 valence electrons. The highest BCUT2D eigenvalue weighted by atomic mass is 28.3. The molecule has 0 atom stereocenters. The Kier molecular flexibility index (Phi) is 6.05. The van der Waals surface area contributed by atoms with E-state index in [1.165, 1.54) is 49.2 Å². The smallest absolute Gasteiger partial charge is 0.203 e. The maximum atomic E-state index is 5.15. The van der Waals surface area contributed by atoms with Gasteiger partial charge in [0.15, 0.2) is 0 Å². The van der Waals surface area contributed by atoms with Gasteiger partial charge in [0, 0.05) is 33.9 Å². The van der Waals surface area contributed by atoms with Crippen LogP contribution in [-0.4, -0.2) is 23.3 Å². The van der Waals surface area contributed by atoms with Crippen LogP contribution >= 0.6 is 0 Å². The van der Waals surface area contributed by atoms with Crippen molar-refractivity contribution in [3.05, 3.63) is 163 Å².